The van der Waals surface area contributed by atoms with Crippen LogP contribution in [0.25, 0.3) is 0 Å². The molecule has 0 aromatic carbocycles. The lowest BCUT2D eigenvalue weighted by molar-refractivity contribution is -0.151. The zero-order chi connectivity index (χ0) is 16.9. The molecule has 1 aliphatic rings. The lowest BCUT2D eigenvalue weighted by Gasteiger charge is -2.36. The van der Waals surface area contributed by atoms with Gasteiger partial charge in [-0.15, -0.1) is 0 Å². The van der Waals surface area contributed by atoms with Gasteiger partial charge in [0.25, 0.3) is 5.91 Å². The van der Waals surface area contributed by atoms with E-state index in [2.05, 4.69) is 10.7 Å². The average Bonchev–Trinajstić information content (AvgIpc) is 2.45. The molecule has 5 N–H and O–H groups in total. The summed E-state index contributed by atoms with van der Waals surface area (Å²) in [4.78, 5) is 34.9. The molecule has 1 aliphatic heterocycles. The van der Waals surface area contributed by atoms with Crippen LogP contribution >= 0.6 is 0 Å². The van der Waals surface area contributed by atoms with Gasteiger partial charge in [0.15, 0.2) is 0 Å². The maximum absolute atomic E-state index is 12.5. The second kappa shape index (κ2) is 7.76. The monoisotopic (exact) mass is 314 g/mol. The predicted molar refractivity (Wildman–Crippen MR) is 77.2 cm³/mol. The molecular weight excluding hydrogens is 292 g/mol. The van der Waals surface area contributed by atoms with E-state index in [1.807, 2.05) is 6.92 Å². The van der Waals surface area contributed by atoms with Crippen molar-refractivity contribution in [3.8, 4) is 0 Å². The third kappa shape index (κ3) is 4.18. The van der Waals surface area contributed by atoms with Gasteiger partial charge in [0.1, 0.15) is 0 Å². The standard InChI is InChI=1S/C13H22N4O5/c1-4-15-17(5-2)12(19)11-10(16-7(3)18)8(14)6-9(22-11)13(20)21/h6,8,10-11,15H,4-5,14H2,1-3H3,(H,16,18)(H,20,21). The summed E-state index contributed by atoms with van der Waals surface area (Å²) in [6.07, 6.45) is -0.0370. The molecular formula is C13H22N4O5. The third-order valence-electron chi connectivity index (χ3n) is 3.09. The molecule has 9 heteroatoms. The van der Waals surface area contributed by atoms with Gasteiger partial charge >= 0.3 is 5.97 Å². The highest BCUT2D eigenvalue weighted by Crippen LogP contribution is 2.19. The quantitative estimate of drug-likeness (QED) is 0.441. The minimum atomic E-state index is -1.32. The number of amides is 2. The van der Waals surface area contributed by atoms with Crippen LogP contribution in [0, 0.1) is 0 Å². The number of carboxylic acids is 1. The first-order valence-corrected chi connectivity index (χ1v) is 7.01. The molecule has 0 saturated heterocycles. The highest BCUT2D eigenvalue weighted by atomic mass is 16.5. The van der Waals surface area contributed by atoms with Crippen LogP contribution in [0.5, 0.6) is 0 Å². The smallest absolute Gasteiger partial charge is 0.370 e. The van der Waals surface area contributed by atoms with Crippen LogP contribution in [-0.4, -0.2) is 59.2 Å². The largest absolute Gasteiger partial charge is 0.475 e. The summed E-state index contributed by atoms with van der Waals surface area (Å²) >= 11 is 0. The summed E-state index contributed by atoms with van der Waals surface area (Å²) in [6, 6.07) is -1.70. The number of ether oxygens (including phenoxy) is 1. The minimum Gasteiger partial charge on any atom is -0.475 e. The van der Waals surface area contributed by atoms with Crippen molar-refractivity contribution in [1.29, 1.82) is 0 Å². The molecule has 0 fully saturated rings. The van der Waals surface area contributed by atoms with Crippen molar-refractivity contribution in [2.24, 2.45) is 5.73 Å². The third-order valence-corrected chi connectivity index (χ3v) is 3.09. The zero-order valence-corrected chi connectivity index (χ0v) is 12.8. The fraction of sp³-hybridized carbons (Fsp3) is 0.615. The molecule has 0 radical (unpaired) electrons. The number of hydrazine groups is 1. The Balaban J connectivity index is 3.08. The van der Waals surface area contributed by atoms with Crippen LogP contribution in [0.2, 0.25) is 0 Å². The Morgan fingerprint density at radius 1 is 1.41 bits per heavy atom. The highest BCUT2D eigenvalue weighted by molar-refractivity contribution is 5.88. The van der Waals surface area contributed by atoms with E-state index in [9.17, 15) is 14.4 Å². The number of carbonyl (C=O) groups excluding carboxylic acids is 2. The van der Waals surface area contributed by atoms with Crippen LogP contribution < -0.4 is 16.5 Å². The van der Waals surface area contributed by atoms with Gasteiger partial charge in [0.05, 0.1) is 12.1 Å². The summed E-state index contributed by atoms with van der Waals surface area (Å²) in [5, 5.41) is 12.9. The molecule has 1 rings (SSSR count). The van der Waals surface area contributed by atoms with E-state index in [1.165, 1.54) is 18.0 Å². The maximum atomic E-state index is 12.5. The van der Waals surface area contributed by atoms with E-state index in [0.29, 0.717) is 13.1 Å². The number of aliphatic carboxylic acids is 1. The SMILES string of the molecule is CCNN(CC)C(=O)C1OC(C(=O)O)=CC(N)C1NC(C)=O. The van der Waals surface area contributed by atoms with Crippen LogP contribution in [0.15, 0.2) is 11.8 Å². The molecule has 3 unspecified atom stereocenters. The maximum Gasteiger partial charge on any atom is 0.370 e. The van der Waals surface area contributed by atoms with Crippen LogP contribution in [0.4, 0.5) is 0 Å². The molecule has 22 heavy (non-hydrogen) atoms. The van der Waals surface area contributed by atoms with Crippen molar-refractivity contribution in [1.82, 2.24) is 15.8 Å². The molecule has 124 valence electrons. The molecule has 0 aliphatic carbocycles. The Labute approximate surface area is 128 Å². The number of nitrogens with zero attached hydrogens (tertiary/aromatic N) is 1. The first kappa shape index (κ1) is 17.9. The van der Waals surface area contributed by atoms with Gasteiger partial charge in [-0.25, -0.2) is 10.2 Å². The van der Waals surface area contributed by atoms with Gasteiger partial charge in [-0.2, -0.15) is 0 Å². The van der Waals surface area contributed by atoms with Gasteiger partial charge in [0, 0.05) is 20.0 Å². The minimum absolute atomic E-state index is 0.348. The number of carboxylic acid groups (broad SMARTS) is 1. The van der Waals surface area contributed by atoms with Crippen LogP contribution in [0.3, 0.4) is 0 Å². The second-order valence-electron chi connectivity index (χ2n) is 4.77. The van der Waals surface area contributed by atoms with E-state index >= 15 is 0 Å². The van der Waals surface area contributed by atoms with Crippen molar-refractivity contribution >= 4 is 17.8 Å². The van der Waals surface area contributed by atoms with Crippen molar-refractivity contribution in [3.63, 3.8) is 0 Å². The Morgan fingerprint density at radius 2 is 2.05 bits per heavy atom. The molecule has 1 heterocycles. The predicted octanol–water partition coefficient (Wildman–Crippen LogP) is -1.44. The number of hydrogen-bond donors (Lipinski definition) is 4. The molecule has 9 nitrogen and oxygen atoms in total. The number of nitrogens with two attached hydrogens (primary N) is 1. The number of nitrogens with one attached hydrogen (secondary N) is 2. The molecule has 0 saturated carbocycles. The normalized spacial score (nSPS) is 24.0. The summed E-state index contributed by atoms with van der Waals surface area (Å²) in [5.74, 6) is -2.60. The van der Waals surface area contributed by atoms with Crippen molar-refractivity contribution < 1.29 is 24.2 Å². The fourth-order valence-electron chi connectivity index (χ4n) is 2.15. The Morgan fingerprint density at radius 3 is 2.50 bits per heavy atom. The van der Waals surface area contributed by atoms with Gasteiger partial charge in [-0.3, -0.25) is 14.6 Å². The summed E-state index contributed by atoms with van der Waals surface area (Å²) in [5.41, 5.74) is 8.72. The van der Waals surface area contributed by atoms with Gasteiger partial charge in [-0.05, 0) is 13.0 Å². The van der Waals surface area contributed by atoms with Crippen molar-refractivity contribution in [3.05, 3.63) is 11.8 Å². The van der Waals surface area contributed by atoms with E-state index in [-0.39, 0.29) is 5.91 Å². The lowest BCUT2D eigenvalue weighted by Crippen LogP contribution is -2.62. The molecule has 0 spiro atoms. The van der Waals surface area contributed by atoms with E-state index in [4.69, 9.17) is 15.6 Å². The Kier molecular flexibility index (Phi) is 6.32. The highest BCUT2D eigenvalue weighted by Gasteiger charge is 2.41. The first-order valence-electron chi connectivity index (χ1n) is 7.01. The van der Waals surface area contributed by atoms with Crippen molar-refractivity contribution in [2.45, 2.75) is 39.0 Å². The Bertz CT molecular complexity index is 479. The van der Waals surface area contributed by atoms with Crippen LogP contribution in [-0.2, 0) is 19.1 Å². The number of likely N-dealkylation sites (N-methyl/N-ethyl adjacent to an activating group) is 1. The van der Waals surface area contributed by atoms with Gasteiger partial charge in [-0.1, -0.05) is 6.92 Å². The van der Waals surface area contributed by atoms with Crippen molar-refractivity contribution in [2.75, 3.05) is 13.1 Å². The summed E-state index contributed by atoms with van der Waals surface area (Å²) in [6.45, 7) is 5.71. The molecule has 2 amide bonds. The first-order chi connectivity index (χ1) is 10.3. The number of carbonyl (C=O) groups is 3. The molecule has 0 aromatic heterocycles. The van der Waals surface area contributed by atoms with E-state index < -0.39 is 35.8 Å². The molecule has 0 aromatic rings. The topological polar surface area (TPSA) is 134 Å². The summed E-state index contributed by atoms with van der Waals surface area (Å²) in [7, 11) is 0. The zero-order valence-electron chi connectivity index (χ0n) is 12.8. The second-order valence-corrected chi connectivity index (χ2v) is 4.77. The number of hydrogen-bond acceptors (Lipinski definition) is 6. The number of rotatable bonds is 6. The van der Waals surface area contributed by atoms with Crippen LogP contribution in [0.1, 0.15) is 20.8 Å². The van der Waals surface area contributed by atoms with Gasteiger partial charge in [0.2, 0.25) is 17.8 Å². The molecule has 0 bridgehead atoms. The lowest BCUT2D eigenvalue weighted by atomic mass is 9.98. The average molecular weight is 314 g/mol. The van der Waals surface area contributed by atoms with E-state index in [0.717, 1.165) is 0 Å². The van der Waals surface area contributed by atoms with E-state index in [1.54, 1.807) is 6.92 Å². The molecule has 3 atom stereocenters. The summed E-state index contributed by atoms with van der Waals surface area (Å²) < 4.78 is 5.26. The Hall–Kier alpha value is -2.13. The fourth-order valence-corrected chi connectivity index (χ4v) is 2.15. The van der Waals surface area contributed by atoms with Gasteiger partial charge < -0.3 is 20.9 Å².